The van der Waals surface area contributed by atoms with Crippen LogP contribution in [0.3, 0.4) is 0 Å². The van der Waals surface area contributed by atoms with Crippen LogP contribution in [0.25, 0.3) is 27.7 Å². The molecule has 0 atom stereocenters. The van der Waals surface area contributed by atoms with E-state index in [1.807, 2.05) is 47.0 Å². The Hall–Kier alpha value is -3.09. The molecule has 0 fully saturated rings. The van der Waals surface area contributed by atoms with Gasteiger partial charge in [0.05, 0.1) is 30.1 Å². The Bertz CT molecular complexity index is 1170. The third kappa shape index (κ3) is 2.99. The van der Waals surface area contributed by atoms with Crippen molar-refractivity contribution < 1.29 is 14.6 Å². The predicted octanol–water partition coefficient (Wildman–Crippen LogP) is 4.48. The number of hydrogen-bond acceptors (Lipinski definition) is 4. The molecule has 0 saturated carbocycles. The minimum absolute atomic E-state index is 0.187. The van der Waals surface area contributed by atoms with Crippen LogP contribution >= 0.6 is 11.6 Å². The monoisotopic (exact) mass is 381 g/mol. The third-order valence-electron chi connectivity index (χ3n) is 4.42. The summed E-state index contributed by atoms with van der Waals surface area (Å²) in [6, 6.07) is 14.8. The van der Waals surface area contributed by atoms with E-state index >= 15 is 0 Å². The number of nitrogens with one attached hydrogen (secondary N) is 1. The lowest BCUT2D eigenvalue weighted by Crippen LogP contribution is -2.10. The lowest BCUT2D eigenvalue weighted by Gasteiger charge is -2.07. The summed E-state index contributed by atoms with van der Waals surface area (Å²) in [6.07, 6.45) is 1.32. The van der Waals surface area contributed by atoms with Crippen molar-refractivity contribution in [3.05, 3.63) is 65.4 Å². The number of aliphatic hydroxyl groups is 1. The summed E-state index contributed by atoms with van der Waals surface area (Å²) in [6.45, 7) is -0.187. The normalized spacial score (nSPS) is 11.1. The van der Waals surface area contributed by atoms with Gasteiger partial charge in [-0.15, -0.1) is 0 Å². The van der Waals surface area contributed by atoms with Gasteiger partial charge in [0, 0.05) is 22.8 Å². The van der Waals surface area contributed by atoms with Crippen LogP contribution in [0.15, 0.2) is 54.7 Å². The van der Waals surface area contributed by atoms with Gasteiger partial charge in [0.15, 0.2) is 0 Å². The van der Waals surface area contributed by atoms with Gasteiger partial charge in [-0.05, 0) is 29.7 Å². The number of rotatable bonds is 3. The number of aromatic nitrogens is 2. The van der Waals surface area contributed by atoms with E-state index in [1.165, 1.54) is 7.11 Å². The summed E-state index contributed by atoms with van der Waals surface area (Å²) in [5.41, 5.74) is 3.28. The van der Waals surface area contributed by atoms with Crippen molar-refractivity contribution in [1.29, 1.82) is 0 Å². The first kappa shape index (κ1) is 17.3. The molecule has 27 heavy (non-hydrogen) atoms. The Balaban J connectivity index is 1.97. The third-order valence-corrected chi connectivity index (χ3v) is 4.75. The quantitative estimate of drug-likeness (QED) is 0.548. The van der Waals surface area contributed by atoms with E-state index in [4.69, 9.17) is 16.6 Å². The minimum Gasteiger partial charge on any atom is -0.453 e. The van der Waals surface area contributed by atoms with Crippen molar-refractivity contribution in [2.45, 2.75) is 6.61 Å². The zero-order valence-electron chi connectivity index (χ0n) is 14.4. The van der Waals surface area contributed by atoms with E-state index in [0.717, 1.165) is 16.3 Å². The van der Waals surface area contributed by atoms with E-state index in [9.17, 15) is 9.90 Å². The number of ether oxygens (including phenoxy) is 1. The maximum absolute atomic E-state index is 11.5. The molecule has 7 heteroatoms. The Labute approximate surface area is 160 Å². The smallest absolute Gasteiger partial charge is 0.411 e. The fraction of sp³-hybridized carbons (Fsp3) is 0.100. The maximum atomic E-state index is 11.5. The summed E-state index contributed by atoms with van der Waals surface area (Å²) in [7, 11) is 1.31. The van der Waals surface area contributed by atoms with E-state index in [-0.39, 0.29) is 6.61 Å². The molecule has 2 aromatic heterocycles. The number of nitrogens with zero attached hydrogens (tertiary/aromatic N) is 2. The zero-order chi connectivity index (χ0) is 19.0. The standard InChI is InChI=1S/C20H16ClN3O3/c1-27-20(26)22-13-7-6-12-8-9-24-17(11-25)18(23-19(24)15(12)10-13)14-4-2-3-5-16(14)21/h2-10,25H,11H2,1H3,(H,22,26). The van der Waals surface area contributed by atoms with Crippen molar-refractivity contribution in [3.8, 4) is 11.3 Å². The molecule has 136 valence electrons. The topological polar surface area (TPSA) is 75.9 Å². The van der Waals surface area contributed by atoms with Gasteiger partial charge in [-0.25, -0.2) is 9.78 Å². The molecule has 0 spiro atoms. The average molecular weight is 382 g/mol. The SMILES string of the molecule is COC(=O)Nc1ccc2ccn3c(CO)c(-c4ccccc4Cl)nc3c2c1. The summed E-state index contributed by atoms with van der Waals surface area (Å²) >= 11 is 6.34. The second-order valence-corrected chi connectivity index (χ2v) is 6.38. The van der Waals surface area contributed by atoms with E-state index in [0.29, 0.717) is 27.7 Å². The largest absolute Gasteiger partial charge is 0.453 e. The number of aliphatic hydroxyl groups excluding tert-OH is 1. The molecule has 0 aliphatic carbocycles. The lowest BCUT2D eigenvalue weighted by molar-refractivity contribution is 0.187. The van der Waals surface area contributed by atoms with Gasteiger partial charge in [0.25, 0.3) is 0 Å². The zero-order valence-corrected chi connectivity index (χ0v) is 15.2. The molecular formula is C20H16ClN3O3. The molecule has 2 heterocycles. The summed E-state index contributed by atoms with van der Waals surface area (Å²) < 4.78 is 6.48. The molecule has 0 unspecified atom stereocenters. The second kappa shape index (κ2) is 6.90. The number of hydrogen-bond donors (Lipinski definition) is 2. The lowest BCUT2D eigenvalue weighted by atomic mass is 10.1. The number of carbonyl (C=O) groups is 1. The van der Waals surface area contributed by atoms with Crippen LogP contribution in [0.4, 0.5) is 10.5 Å². The van der Waals surface area contributed by atoms with Crippen LogP contribution in [0.5, 0.6) is 0 Å². The highest BCUT2D eigenvalue weighted by Crippen LogP contribution is 2.33. The van der Waals surface area contributed by atoms with E-state index in [2.05, 4.69) is 10.1 Å². The molecule has 4 aromatic rings. The number of fused-ring (bicyclic) bond motifs is 3. The predicted molar refractivity (Wildman–Crippen MR) is 105 cm³/mol. The summed E-state index contributed by atoms with van der Waals surface area (Å²) in [5, 5.41) is 15.0. The number of amides is 1. The Morgan fingerprint density at radius 1 is 1.26 bits per heavy atom. The van der Waals surface area contributed by atoms with Crippen molar-refractivity contribution in [2.75, 3.05) is 12.4 Å². The van der Waals surface area contributed by atoms with Crippen LogP contribution in [0.1, 0.15) is 5.69 Å². The first-order valence-electron chi connectivity index (χ1n) is 8.27. The van der Waals surface area contributed by atoms with Gasteiger partial charge in [-0.3, -0.25) is 5.32 Å². The van der Waals surface area contributed by atoms with E-state index in [1.54, 1.807) is 12.1 Å². The van der Waals surface area contributed by atoms with Crippen LogP contribution < -0.4 is 5.32 Å². The molecule has 0 radical (unpaired) electrons. The van der Waals surface area contributed by atoms with Crippen LogP contribution in [0, 0.1) is 0 Å². The van der Waals surface area contributed by atoms with Gasteiger partial charge in [0.2, 0.25) is 0 Å². The molecular weight excluding hydrogens is 366 g/mol. The van der Waals surface area contributed by atoms with E-state index < -0.39 is 6.09 Å². The molecule has 1 amide bonds. The maximum Gasteiger partial charge on any atom is 0.411 e. The molecule has 2 aromatic carbocycles. The van der Waals surface area contributed by atoms with Crippen molar-refractivity contribution in [1.82, 2.24) is 9.38 Å². The molecule has 2 N–H and O–H groups in total. The van der Waals surface area contributed by atoms with Gasteiger partial charge in [0.1, 0.15) is 5.65 Å². The fourth-order valence-electron chi connectivity index (χ4n) is 3.13. The number of benzene rings is 2. The molecule has 4 rings (SSSR count). The highest BCUT2D eigenvalue weighted by molar-refractivity contribution is 6.33. The Kier molecular flexibility index (Phi) is 4.43. The van der Waals surface area contributed by atoms with Gasteiger partial charge >= 0.3 is 6.09 Å². The highest BCUT2D eigenvalue weighted by atomic mass is 35.5. The van der Waals surface area contributed by atoms with Crippen LogP contribution in [-0.2, 0) is 11.3 Å². The summed E-state index contributed by atoms with van der Waals surface area (Å²) in [5.74, 6) is 0. The number of methoxy groups -OCH3 is 1. The Morgan fingerprint density at radius 2 is 2.07 bits per heavy atom. The molecule has 6 nitrogen and oxygen atoms in total. The van der Waals surface area contributed by atoms with Crippen LogP contribution in [-0.4, -0.2) is 27.7 Å². The second-order valence-electron chi connectivity index (χ2n) is 5.97. The number of halogens is 1. The van der Waals surface area contributed by atoms with Gasteiger partial charge in [-0.2, -0.15) is 0 Å². The van der Waals surface area contributed by atoms with Crippen molar-refractivity contribution in [3.63, 3.8) is 0 Å². The first-order chi connectivity index (χ1) is 13.1. The number of imidazole rings is 1. The first-order valence-corrected chi connectivity index (χ1v) is 8.64. The average Bonchev–Trinajstić information content (AvgIpc) is 3.07. The molecule has 0 aliphatic heterocycles. The summed E-state index contributed by atoms with van der Waals surface area (Å²) in [4.78, 5) is 16.3. The number of pyridine rings is 1. The fourth-order valence-corrected chi connectivity index (χ4v) is 3.36. The molecule has 0 saturated heterocycles. The van der Waals surface area contributed by atoms with Crippen molar-refractivity contribution >= 4 is 39.8 Å². The van der Waals surface area contributed by atoms with Gasteiger partial charge in [-0.1, -0.05) is 35.9 Å². The highest BCUT2D eigenvalue weighted by Gasteiger charge is 2.17. The molecule has 0 bridgehead atoms. The minimum atomic E-state index is -0.544. The molecule has 0 aliphatic rings. The number of carbonyl (C=O) groups excluding carboxylic acids is 1. The van der Waals surface area contributed by atoms with Crippen molar-refractivity contribution in [2.24, 2.45) is 0 Å². The van der Waals surface area contributed by atoms with Crippen LogP contribution in [0.2, 0.25) is 5.02 Å². The Morgan fingerprint density at radius 3 is 2.81 bits per heavy atom. The van der Waals surface area contributed by atoms with Gasteiger partial charge < -0.3 is 14.2 Å². The number of anilines is 1.